The van der Waals surface area contributed by atoms with Gasteiger partial charge in [0.05, 0.1) is 13.7 Å². The van der Waals surface area contributed by atoms with Crippen molar-refractivity contribution in [3.8, 4) is 5.75 Å². The maximum absolute atomic E-state index is 5.24. The van der Waals surface area contributed by atoms with Gasteiger partial charge in [0.25, 0.3) is 0 Å². The zero-order chi connectivity index (χ0) is 11.2. The zero-order valence-corrected chi connectivity index (χ0v) is 8.97. The highest BCUT2D eigenvalue weighted by atomic mass is 16.5. The zero-order valence-electron chi connectivity index (χ0n) is 8.97. The molecule has 0 saturated heterocycles. The fourth-order valence-corrected chi connectivity index (χ4v) is 1.42. The van der Waals surface area contributed by atoms with Gasteiger partial charge in [-0.2, -0.15) is 5.21 Å². The molecule has 0 aliphatic heterocycles. The molecule has 0 unspecified atom stereocenters. The highest BCUT2D eigenvalue weighted by Crippen LogP contribution is 2.16. The van der Waals surface area contributed by atoms with Crippen LogP contribution >= 0.6 is 0 Å². The number of aromatic nitrogens is 4. The van der Waals surface area contributed by atoms with E-state index < -0.39 is 0 Å². The number of nitrogens with one attached hydrogen (secondary N) is 2. The molecular weight excluding hydrogens is 206 g/mol. The molecule has 0 aliphatic carbocycles. The van der Waals surface area contributed by atoms with E-state index in [-0.39, 0.29) is 0 Å². The van der Waals surface area contributed by atoms with E-state index in [1.54, 1.807) is 7.11 Å². The molecule has 0 saturated carbocycles. The lowest BCUT2D eigenvalue weighted by atomic mass is 10.2. The van der Waals surface area contributed by atoms with Crippen molar-refractivity contribution in [2.75, 3.05) is 7.11 Å². The molecule has 84 valence electrons. The number of rotatable bonds is 5. The maximum atomic E-state index is 5.24. The Labute approximate surface area is 93.0 Å². The van der Waals surface area contributed by atoms with Gasteiger partial charge in [-0.1, -0.05) is 23.4 Å². The Morgan fingerprint density at radius 2 is 2.19 bits per heavy atom. The molecule has 0 aliphatic rings. The summed E-state index contributed by atoms with van der Waals surface area (Å²) in [5, 5.41) is 16.8. The molecule has 0 spiro atoms. The first-order chi connectivity index (χ1) is 7.90. The van der Waals surface area contributed by atoms with Crippen LogP contribution in [-0.2, 0) is 13.1 Å². The molecule has 0 amide bonds. The molecule has 6 nitrogen and oxygen atoms in total. The number of nitrogens with zero attached hydrogens (tertiary/aromatic N) is 3. The summed E-state index contributed by atoms with van der Waals surface area (Å²) in [5.41, 5.74) is 1.11. The van der Waals surface area contributed by atoms with Crippen LogP contribution in [-0.4, -0.2) is 27.7 Å². The second kappa shape index (κ2) is 5.22. The summed E-state index contributed by atoms with van der Waals surface area (Å²) in [6.07, 6.45) is 0. The number of methoxy groups -OCH3 is 1. The Morgan fingerprint density at radius 1 is 1.31 bits per heavy atom. The van der Waals surface area contributed by atoms with Gasteiger partial charge in [0.15, 0.2) is 5.82 Å². The van der Waals surface area contributed by atoms with Gasteiger partial charge in [-0.05, 0) is 6.07 Å². The summed E-state index contributed by atoms with van der Waals surface area (Å²) in [6.45, 7) is 1.28. The molecule has 2 N–H and O–H groups in total. The number of hydrogen-bond donors (Lipinski definition) is 2. The quantitative estimate of drug-likeness (QED) is 0.765. The number of para-hydroxylation sites is 1. The predicted molar refractivity (Wildman–Crippen MR) is 57.7 cm³/mol. The van der Waals surface area contributed by atoms with Crippen LogP contribution in [0.1, 0.15) is 11.4 Å². The second-order valence-corrected chi connectivity index (χ2v) is 3.24. The van der Waals surface area contributed by atoms with E-state index in [1.807, 2.05) is 24.3 Å². The minimum Gasteiger partial charge on any atom is -0.496 e. The SMILES string of the molecule is COc1ccccc1CNCc1nn[nH]n1. The molecular formula is C10H13N5O. The van der Waals surface area contributed by atoms with E-state index in [2.05, 4.69) is 25.9 Å². The molecule has 2 rings (SSSR count). The van der Waals surface area contributed by atoms with Crippen LogP contribution in [0.4, 0.5) is 0 Å². The van der Waals surface area contributed by atoms with Crippen LogP contribution in [0.5, 0.6) is 5.75 Å². The molecule has 0 atom stereocenters. The van der Waals surface area contributed by atoms with E-state index in [0.717, 1.165) is 11.3 Å². The molecule has 0 bridgehead atoms. The highest BCUT2D eigenvalue weighted by molar-refractivity contribution is 5.32. The summed E-state index contributed by atoms with van der Waals surface area (Å²) in [6, 6.07) is 7.88. The molecule has 0 fully saturated rings. The number of tetrazole rings is 1. The van der Waals surface area contributed by atoms with Crippen molar-refractivity contribution in [1.29, 1.82) is 0 Å². The first-order valence-corrected chi connectivity index (χ1v) is 4.95. The van der Waals surface area contributed by atoms with Gasteiger partial charge >= 0.3 is 0 Å². The topological polar surface area (TPSA) is 75.7 Å². The van der Waals surface area contributed by atoms with Gasteiger partial charge in [0.2, 0.25) is 0 Å². The van der Waals surface area contributed by atoms with Crippen LogP contribution < -0.4 is 10.1 Å². The summed E-state index contributed by atoms with van der Waals surface area (Å²) < 4.78 is 5.24. The van der Waals surface area contributed by atoms with Gasteiger partial charge in [0.1, 0.15) is 5.75 Å². The third kappa shape index (κ3) is 2.54. The number of benzene rings is 1. The molecule has 6 heteroatoms. The average molecular weight is 219 g/mol. The first-order valence-electron chi connectivity index (χ1n) is 4.95. The van der Waals surface area contributed by atoms with Crippen molar-refractivity contribution >= 4 is 0 Å². The smallest absolute Gasteiger partial charge is 0.188 e. The van der Waals surface area contributed by atoms with Crippen LogP contribution in [0.3, 0.4) is 0 Å². The molecule has 16 heavy (non-hydrogen) atoms. The molecule has 0 radical (unpaired) electrons. The van der Waals surface area contributed by atoms with Gasteiger partial charge in [0, 0.05) is 12.1 Å². The van der Waals surface area contributed by atoms with E-state index >= 15 is 0 Å². The monoisotopic (exact) mass is 219 g/mol. The van der Waals surface area contributed by atoms with Crippen LogP contribution in [0.25, 0.3) is 0 Å². The number of aromatic amines is 1. The van der Waals surface area contributed by atoms with Gasteiger partial charge in [-0.15, -0.1) is 10.2 Å². The summed E-state index contributed by atoms with van der Waals surface area (Å²) in [4.78, 5) is 0. The van der Waals surface area contributed by atoms with Crippen molar-refractivity contribution in [2.45, 2.75) is 13.1 Å². The molecule has 1 aromatic carbocycles. The Kier molecular flexibility index (Phi) is 3.45. The van der Waals surface area contributed by atoms with Crippen LogP contribution in [0.15, 0.2) is 24.3 Å². The van der Waals surface area contributed by atoms with E-state index in [0.29, 0.717) is 18.9 Å². The predicted octanol–water partition coefficient (Wildman–Crippen LogP) is 0.498. The summed E-state index contributed by atoms with van der Waals surface area (Å²) in [7, 11) is 1.66. The lowest BCUT2D eigenvalue weighted by Crippen LogP contribution is -2.14. The average Bonchev–Trinajstić information content (AvgIpc) is 2.83. The normalized spacial score (nSPS) is 10.3. The first kappa shape index (κ1) is 10.6. The lowest BCUT2D eigenvalue weighted by molar-refractivity contribution is 0.407. The van der Waals surface area contributed by atoms with Gasteiger partial charge in [-0.3, -0.25) is 0 Å². The molecule has 1 heterocycles. The van der Waals surface area contributed by atoms with Crippen molar-refractivity contribution < 1.29 is 4.74 Å². The van der Waals surface area contributed by atoms with E-state index in [9.17, 15) is 0 Å². The maximum Gasteiger partial charge on any atom is 0.188 e. The third-order valence-electron chi connectivity index (χ3n) is 2.18. The fourth-order valence-electron chi connectivity index (χ4n) is 1.42. The minimum atomic E-state index is 0.578. The number of hydrogen-bond acceptors (Lipinski definition) is 5. The largest absolute Gasteiger partial charge is 0.496 e. The van der Waals surface area contributed by atoms with Gasteiger partial charge < -0.3 is 10.1 Å². The Bertz CT molecular complexity index is 429. The van der Waals surface area contributed by atoms with Crippen molar-refractivity contribution in [3.63, 3.8) is 0 Å². The Balaban J connectivity index is 1.89. The van der Waals surface area contributed by atoms with E-state index in [4.69, 9.17) is 4.74 Å². The van der Waals surface area contributed by atoms with Gasteiger partial charge in [-0.25, -0.2) is 0 Å². The fraction of sp³-hybridized carbons (Fsp3) is 0.300. The summed E-state index contributed by atoms with van der Waals surface area (Å²) in [5.74, 6) is 1.53. The van der Waals surface area contributed by atoms with Crippen molar-refractivity contribution in [2.24, 2.45) is 0 Å². The van der Waals surface area contributed by atoms with Crippen LogP contribution in [0, 0.1) is 0 Å². The molecule has 1 aromatic heterocycles. The highest BCUT2D eigenvalue weighted by Gasteiger charge is 2.02. The Morgan fingerprint density at radius 3 is 2.94 bits per heavy atom. The molecule has 2 aromatic rings. The lowest BCUT2D eigenvalue weighted by Gasteiger charge is -2.07. The number of ether oxygens (including phenoxy) is 1. The van der Waals surface area contributed by atoms with E-state index in [1.165, 1.54) is 0 Å². The minimum absolute atomic E-state index is 0.578. The second-order valence-electron chi connectivity index (χ2n) is 3.24. The van der Waals surface area contributed by atoms with Crippen LogP contribution in [0.2, 0.25) is 0 Å². The third-order valence-corrected chi connectivity index (χ3v) is 2.18. The summed E-state index contributed by atoms with van der Waals surface area (Å²) >= 11 is 0. The van der Waals surface area contributed by atoms with Crippen molar-refractivity contribution in [3.05, 3.63) is 35.7 Å². The number of H-pyrrole nitrogens is 1. The standard InChI is InChI=1S/C10H13N5O/c1-16-9-5-3-2-4-8(9)6-11-7-10-12-14-15-13-10/h2-5,11H,6-7H2,1H3,(H,12,13,14,15). The van der Waals surface area contributed by atoms with Crippen molar-refractivity contribution in [1.82, 2.24) is 25.9 Å². The Hall–Kier alpha value is -1.95.